The number of amides is 2. The number of carbonyl (C=O) groups is 2. The summed E-state index contributed by atoms with van der Waals surface area (Å²) in [6, 6.07) is 6.86. The van der Waals surface area contributed by atoms with E-state index in [1.54, 1.807) is 24.3 Å². The summed E-state index contributed by atoms with van der Waals surface area (Å²) in [5.74, 6) is -0.246. The van der Waals surface area contributed by atoms with Crippen molar-refractivity contribution >= 4 is 29.1 Å². The Kier molecular flexibility index (Phi) is 8.74. The number of ether oxygens (including phenoxy) is 2. The van der Waals surface area contributed by atoms with Crippen LogP contribution in [-0.2, 0) is 9.53 Å². The first-order valence-corrected chi connectivity index (χ1v) is 8.08. The molecule has 0 aromatic heterocycles. The molecule has 7 nitrogen and oxygen atoms in total. The molecule has 0 atom stereocenters. The van der Waals surface area contributed by atoms with Gasteiger partial charge < -0.3 is 9.47 Å². The van der Waals surface area contributed by atoms with E-state index < -0.39 is 5.91 Å². The minimum Gasteiger partial charge on any atom is -0.490 e. The molecule has 2 amide bonds. The predicted octanol–water partition coefficient (Wildman–Crippen LogP) is 1.54. The Morgan fingerprint density at radius 1 is 1.21 bits per heavy atom. The van der Waals surface area contributed by atoms with Crippen LogP contribution in [-0.4, -0.2) is 36.2 Å². The van der Waals surface area contributed by atoms with Crippen LogP contribution in [0.2, 0.25) is 0 Å². The van der Waals surface area contributed by atoms with E-state index in [4.69, 9.17) is 21.7 Å². The van der Waals surface area contributed by atoms with Crippen molar-refractivity contribution in [2.45, 2.75) is 33.3 Å². The van der Waals surface area contributed by atoms with Crippen LogP contribution in [0.25, 0.3) is 0 Å². The standard InChI is InChI=1S/C16H23N3O4S/c1-4-22-10-9-14(20)18-19-16(24)17-15(21)12-7-5-6-8-13(12)23-11(2)3/h5-8,11H,4,9-10H2,1-3H3,(H,18,20)(H2,17,19,21,24). The van der Waals surface area contributed by atoms with Crippen LogP contribution in [0.5, 0.6) is 5.75 Å². The van der Waals surface area contributed by atoms with Crippen molar-refractivity contribution in [3.63, 3.8) is 0 Å². The van der Waals surface area contributed by atoms with Crippen LogP contribution in [0.4, 0.5) is 0 Å². The van der Waals surface area contributed by atoms with Crippen molar-refractivity contribution in [1.29, 1.82) is 0 Å². The highest BCUT2D eigenvalue weighted by molar-refractivity contribution is 7.80. The molecule has 24 heavy (non-hydrogen) atoms. The summed E-state index contributed by atoms with van der Waals surface area (Å²) < 4.78 is 10.7. The first kappa shape index (κ1) is 19.9. The van der Waals surface area contributed by atoms with Crippen LogP contribution in [0.3, 0.4) is 0 Å². The summed E-state index contributed by atoms with van der Waals surface area (Å²) in [7, 11) is 0. The van der Waals surface area contributed by atoms with E-state index in [-0.39, 0.29) is 23.5 Å². The van der Waals surface area contributed by atoms with Crippen LogP contribution in [0.1, 0.15) is 37.6 Å². The van der Waals surface area contributed by atoms with Crippen molar-refractivity contribution in [3.05, 3.63) is 29.8 Å². The van der Waals surface area contributed by atoms with Gasteiger partial charge in [-0.1, -0.05) is 12.1 Å². The van der Waals surface area contributed by atoms with Gasteiger partial charge in [0.05, 0.1) is 24.7 Å². The van der Waals surface area contributed by atoms with Crippen molar-refractivity contribution in [3.8, 4) is 5.75 Å². The van der Waals surface area contributed by atoms with Crippen molar-refractivity contribution in [2.24, 2.45) is 0 Å². The number of benzene rings is 1. The molecule has 0 radical (unpaired) electrons. The van der Waals surface area contributed by atoms with E-state index >= 15 is 0 Å². The van der Waals surface area contributed by atoms with E-state index in [1.165, 1.54) is 0 Å². The predicted molar refractivity (Wildman–Crippen MR) is 94.7 cm³/mol. The monoisotopic (exact) mass is 353 g/mol. The van der Waals surface area contributed by atoms with Gasteiger partial charge in [-0.3, -0.25) is 25.8 Å². The molecule has 0 spiro atoms. The molecule has 1 rings (SSSR count). The normalized spacial score (nSPS) is 10.2. The summed E-state index contributed by atoms with van der Waals surface area (Å²) in [6.07, 6.45) is 0.135. The molecular formula is C16H23N3O4S. The minimum atomic E-state index is -0.424. The Balaban J connectivity index is 2.50. The van der Waals surface area contributed by atoms with Gasteiger partial charge in [-0.25, -0.2) is 0 Å². The largest absolute Gasteiger partial charge is 0.490 e. The fourth-order valence-corrected chi connectivity index (χ4v) is 1.85. The molecular weight excluding hydrogens is 330 g/mol. The van der Waals surface area contributed by atoms with Crippen molar-refractivity contribution in [2.75, 3.05) is 13.2 Å². The summed E-state index contributed by atoms with van der Waals surface area (Å²) in [5.41, 5.74) is 5.22. The lowest BCUT2D eigenvalue weighted by Gasteiger charge is -2.15. The first-order chi connectivity index (χ1) is 11.4. The maximum Gasteiger partial charge on any atom is 0.261 e. The quantitative estimate of drug-likeness (QED) is 0.391. The molecule has 0 unspecified atom stereocenters. The summed E-state index contributed by atoms with van der Waals surface area (Å²) in [6.45, 7) is 6.47. The van der Waals surface area contributed by atoms with Gasteiger partial charge in [-0.05, 0) is 45.1 Å². The van der Waals surface area contributed by atoms with Gasteiger partial charge in [-0.2, -0.15) is 0 Å². The van der Waals surface area contributed by atoms with Gasteiger partial charge in [0.25, 0.3) is 5.91 Å². The zero-order chi connectivity index (χ0) is 17.9. The number of rotatable bonds is 7. The molecule has 0 bridgehead atoms. The van der Waals surface area contributed by atoms with Crippen molar-refractivity contribution < 1.29 is 19.1 Å². The molecule has 8 heteroatoms. The van der Waals surface area contributed by atoms with E-state index in [0.29, 0.717) is 24.5 Å². The van der Waals surface area contributed by atoms with Gasteiger partial charge in [-0.15, -0.1) is 0 Å². The Morgan fingerprint density at radius 2 is 1.92 bits per heavy atom. The number of nitrogens with one attached hydrogen (secondary N) is 3. The number of hydrogen-bond acceptors (Lipinski definition) is 5. The minimum absolute atomic E-state index is 0.0101. The first-order valence-electron chi connectivity index (χ1n) is 7.67. The molecule has 0 aliphatic heterocycles. The smallest absolute Gasteiger partial charge is 0.261 e. The summed E-state index contributed by atoms with van der Waals surface area (Å²) >= 11 is 4.99. The highest BCUT2D eigenvalue weighted by atomic mass is 32.1. The second-order valence-corrected chi connectivity index (χ2v) is 5.47. The molecule has 0 saturated carbocycles. The van der Waals surface area contributed by atoms with Gasteiger partial charge in [0.15, 0.2) is 5.11 Å². The second kappa shape index (κ2) is 10.6. The molecule has 3 N–H and O–H groups in total. The van der Waals surface area contributed by atoms with E-state index in [2.05, 4.69) is 16.2 Å². The molecule has 0 heterocycles. The second-order valence-electron chi connectivity index (χ2n) is 5.07. The topological polar surface area (TPSA) is 88.7 Å². The number of hydrazine groups is 1. The Labute approximate surface area is 147 Å². The lowest BCUT2D eigenvalue weighted by atomic mass is 10.2. The average Bonchev–Trinajstić information content (AvgIpc) is 2.53. The van der Waals surface area contributed by atoms with Gasteiger partial charge in [0.1, 0.15) is 5.75 Å². The molecule has 1 aromatic carbocycles. The van der Waals surface area contributed by atoms with Gasteiger partial charge in [0.2, 0.25) is 5.91 Å². The SMILES string of the molecule is CCOCCC(=O)NNC(=S)NC(=O)c1ccccc1OC(C)C. The maximum atomic E-state index is 12.3. The number of para-hydroxylation sites is 1. The average molecular weight is 353 g/mol. The lowest BCUT2D eigenvalue weighted by molar-refractivity contribution is -0.122. The molecule has 0 saturated heterocycles. The van der Waals surface area contributed by atoms with Crippen LogP contribution < -0.4 is 20.9 Å². The molecule has 0 aliphatic carbocycles. The van der Waals surface area contributed by atoms with E-state index in [0.717, 1.165) is 0 Å². The zero-order valence-electron chi connectivity index (χ0n) is 14.0. The fourth-order valence-electron chi connectivity index (χ4n) is 1.71. The van der Waals surface area contributed by atoms with E-state index in [1.807, 2.05) is 20.8 Å². The highest BCUT2D eigenvalue weighted by Crippen LogP contribution is 2.19. The molecule has 0 aliphatic rings. The summed E-state index contributed by atoms with van der Waals surface area (Å²) in [5, 5.41) is 2.48. The van der Waals surface area contributed by atoms with Crippen LogP contribution in [0, 0.1) is 0 Å². The Hall–Kier alpha value is -2.19. The summed E-state index contributed by atoms with van der Waals surface area (Å²) in [4.78, 5) is 23.8. The molecule has 132 valence electrons. The maximum absolute atomic E-state index is 12.3. The third kappa shape index (κ3) is 7.38. The Morgan fingerprint density at radius 3 is 2.58 bits per heavy atom. The number of carbonyl (C=O) groups excluding carboxylic acids is 2. The third-order valence-electron chi connectivity index (χ3n) is 2.71. The van der Waals surface area contributed by atoms with Crippen molar-refractivity contribution in [1.82, 2.24) is 16.2 Å². The highest BCUT2D eigenvalue weighted by Gasteiger charge is 2.14. The Bertz CT molecular complexity index is 578. The lowest BCUT2D eigenvalue weighted by Crippen LogP contribution is -2.48. The molecule has 0 fully saturated rings. The molecule has 1 aromatic rings. The van der Waals surface area contributed by atoms with Gasteiger partial charge in [0, 0.05) is 6.61 Å². The van der Waals surface area contributed by atoms with E-state index in [9.17, 15) is 9.59 Å². The van der Waals surface area contributed by atoms with Crippen LogP contribution in [0.15, 0.2) is 24.3 Å². The van der Waals surface area contributed by atoms with Gasteiger partial charge >= 0.3 is 0 Å². The van der Waals surface area contributed by atoms with Crippen LogP contribution >= 0.6 is 12.2 Å². The zero-order valence-corrected chi connectivity index (χ0v) is 14.9. The fraction of sp³-hybridized carbons (Fsp3) is 0.438. The third-order valence-corrected chi connectivity index (χ3v) is 2.92. The number of hydrogen-bond donors (Lipinski definition) is 3. The number of thiocarbonyl (C=S) groups is 1.